The van der Waals surface area contributed by atoms with Gasteiger partial charge in [-0.05, 0) is 24.1 Å². The molecule has 0 heterocycles. The van der Waals surface area contributed by atoms with Gasteiger partial charge in [0.05, 0.1) is 13.2 Å². The Hall–Kier alpha value is -1.06. The lowest BCUT2D eigenvalue weighted by Gasteiger charge is -2.12. The minimum absolute atomic E-state index is 0.480. The Balaban J connectivity index is 2.33. The van der Waals surface area contributed by atoms with Gasteiger partial charge in [0.2, 0.25) is 0 Å². The van der Waals surface area contributed by atoms with Crippen molar-refractivity contribution in [2.24, 2.45) is 0 Å². The molecule has 3 nitrogen and oxygen atoms in total. The first-order valence-corrected chi connectivity index (χ1v) is 6.17. The van der Waals surface area contributed by atoms with Crippen LogP contribution < -0.4 is 4.74 Å². The third-order valence-corrected chi connectivity index (χ3v) is 2.66. The molecule has 0 fully saturated rings. The van der Waals surface area contributed by atoms with E-state index in [-0.39, 0.29) is 0 Å². The molecule has 1 atom stereocenters. The third kappa shape index (κ3) is 5.20. The van der Waals surface area contributed by atoms with Gasteiger partial charge in [-0.3, -0.25) is 0 Å². The van der Waals surface area contributed by atoms with E-state index in [9.17, 15) is 5.11 Å². The van der Waals surface area contributed by atoms with Gasteiger partial charge in [-0.1, -0.05) is 25.5 Å². The van der Waals surface area contributed by atoms with Crippen LogP contribution in [-0.2, 0) is 4.74 Å². The van der Waals surface area contributed by atoms with Crippen molar-refractivity contribution < 1.29 is 14.6 Å². The van der Waals surface area contributed by atoms with E-state index in [2.05, 4.69) is 6.92 Å². The normalized spacial score (nSPS) is 12.4. The maximum atomic E-state index is 9.96. The lowest BCUT2D eigenvalue weighted by atomic mass is 10.1. The molecule has 3 heteroatoms. The highest BCUT2D eigenvalue weighted by Gasteiger charge is 2.07. The maximum absolute atomic E-state index is 9.96. The molecule has 96 valence electrons. The van der Waals surface area contributed by atoms with Gasteiger partial charge in [0.1, 0.15) is 5.75 Å². The average molecular weight is 238 g/mol. The summed E-state index contributed by atoms with van der Waals surface area (Å²) in [6.07, 6.45) is 2.36. The van der Waals surface area contributed by atoms with Gasteiger partial charge in [0.15, 0.2) is 0 Å². The predicted octanol–water partition coefficient (Wildman–Crippen LogP) is 2.94. The molecule has 0 saturated heterocycles. The van der Waals surface area contributed by atoms with Crippen molar-refractivity contribution >= 4 is 0 Å². The van der Waals surface area contributed by atoms with Crippen LogP contribution in [0.2, 0.25) is 0 Å². The quantitative estimate of drug-likeness (QED) is 0.708. The summed E-state index contributed by atoms with van der Waals surface area (Å²) in [5.41, 5.74) is 0.878. The van der Waals surface area contributed by atoms with Crippen LogP contribution in [0.3, 0.4) is 0 Å². The summed E-state index contributed by atoms with van der Waals surface area (Å²) in [7, 11) is 1.62. The van der Waals surface area contributed by atoms with E-state index < -0.39 is 6.10 Å². The van der Waals surface area contributed by atoms with Crippen molar-refractivity contribution in [3.05, 3.63) is 29.8 Å². The number of unbranched alkanes of at least 4 members (excludes halogenated alkanes) is 1. The van der Waals surface area contributed by atoms with Gasteiger partial charge in [-0.15, -0.1) is 0 Å². The molecule has 1 rings (SSSR count). The van der Waals surface area contributed by atoms with Gasteiger partial charge < -0.3 is 14.6 Å². The lowest BCUT2D eigenvalue weighted by Crippen LogP contribution is -2.04. The highest BCUT2D eigenvalue weighted by atomic mass is 16.5. The zero-order chi connectivity index (χ0) is 12.5. The number of aliphatic hydroxyl groups is 1. The number of hydrogen-bond acceptors (Lipinski definition) is 3. The van der Waals surface area contributed by atoms with Gasteiger partial charge in [0.25, 0.3) is 0 Å². The third-order valence-electron chi connectivity index (χ3n) is 2.66. The Kier molecular flexibility index (Phi) is 6.67. The molecule has 1 aromatic carbocycles. The molecular weight excluding hydrogens is 216 g/mol. The van der Waals surface area contributed by atoms with Crippen molar-refractivity contribution in [2.45, 2.75) is 32.3 Å². The first-order valence-electron chi connectivity index (χ1n) is 6.17. The molecular formula is C14H22O3. The monoisotopic (exact) mass is 238 g/mol. The standard InChI is InChI=1S/C14H22O3/c1-3-4-9-17-10-8-14(15)12-6-5-7-13(11-12)16-2/h5-7,11,14-15H,3-4,8-10H2,1-2H3. The van der Waals surface area contributed by atoms with E-state index in [1.54, 1.807) is 7.11 Å². The lowest BCUT2D eigenvalue weighted by molar-refractivity contribution is 0.0804. The van der Waals surface area contributed by atoms with Crippen molar-refractivity contribution in [1.29, 1.82) is 0 Å². The van der Waals surface area contributed by atoms with Crippen molar-refractivity contribution in [3.8, 4) is 5.75 Å². The van der Waals surface area contributed by atoms with Crippen LogP contribution in [0.25, 0.3) is 0 Å². The van der Waals surface area contributed by atoms with Crippen LogP contribution in [0.1, 0.15) is 37.9 Å². The first-order chi connectivity index (χ1) is 8.27. The van der Waals surface area contributed by atoms with E-state index in [0.717, 1.165) is 30.8 Å². The zero-order valence-electron chi connectivity index (χ0n) is 10.7. The number of methoxy groups -OCH3 is 1. The SMILES string of the molecule is CCCCOCCC(O)c1cccc(OC)c1. The zero-order valence-corrected chi connectivity index (χ0v) is 10.7. The second-order valence-electron chi connectivity index (χ2n) is 4.05. The summed E-state index contributed by atoms with van der Waals surface area (Å²) in [6, 6.07) is 7.51. The number of benzene rings is 1. The highest BCUT2D eigenvalue weighted by Crippen LogP contribution is 2.21. The first kappa shape index (κ1) is 14.0. The molecule has 1 unspecified atom stereocenters. The molecule has 0 bridgehead atoms. The molecule has 1 aromatic rings. The molecule has 0 aromatic heterocycles. The molecule has 0 saturated carbocycles. The second-order valence-corrected chi connectivity index (χ2v) is 4.05. The molecule has 0 amide bonds. The Bertz CT molecular complexity index is 312. The molecule has 0 radical (unpaired) electrons. The van der Waals surface area contributed by atoms with Crippen LogP contribution >= 0.6 is 0 Å². The number of rotatable bonds is 8. The molecule has 0 aliphatic heterocycles. The van der Waals surface area contributed by atoms with Crippen molar-refractivity contribution in [2.75, 3.05) is 20.3 Å². The summed E-state index contributed by atoms with van der Waals surface area (Å²) in [5.74, 6) is 0.772. The van der Waals surface area contributed by atoms with Crippen LogP contribution in [0.15, 0.2) is 24.3 Å². The van der Waals surface area contributed by atoms with Gasteiger partial charge >= 0.3 is 0 Å². The smallest absolute Gasteiger partial charge is 0.119 e. The van der Waals surface area contributed by atoms with Crippen molar-refractivity contribution in [3.63, 3.8) is 0 Å². The fourth-order valence-electron chi connectivity index (χ4n) is 1.56. The minimum atomic E-state index is -0.480. The largest absolute Gasteiger partial charge is 0.497 e. The number of hydrogen-bond donors (Lipinski definition) is 1. The maximum Gasteiger partial charge on any atom is 0.119 e. The van der Waals surface area contributed by atoms with Gasteiger partial charge in [-0.2, -0.15) is 0 Å². The van der Waals surface area contributed by atoms with Crippen LogP contribution in [0.4, 0.5) is 0 Å². The predicted molar refractivity (Wildman–Crippen MR) is 68.3 cm³/mol. The van der Waals surface area contributed by atoms with E-state index in [1.807, 2.05) is 24.3 Å². The molecule has 1 N–H and O–H groups in total. The van der Waals surface area contributed by atoms with E-state index in [4.69, 9.17) is 9.47 Å². The summed E-state index contributed by atoms with van der Waals surface area (Å²) in [5, 5.41) is 9.96. The summed E-state index contributed by atoms with van der Waals surface area (Å²) < 4.78 is 10.6. The summed E-state index contributed by atoms with van der Waals surface area (Å²) in [6.45, 7) is 3.51. The van der Waals surface area contributed by atoms with Crippen molar-refractivity contribution in [1.82, 2.24) is 0 Å². The van der Waals surface area contributed by atoms with Gasteiger partial charge in [0, 0.05) is 19.6 Å². The number of ether oxygens (including phenoxy) is 2. The molecule has 0 aliphatic rings. The Labute approximate surface area is 103 Å². The van der Waals surface area contributed by atoms with E-state index >= 15 is 0 Å². The fraction of sp³-hybridized carbons (Fsp3) is 0.571. The Morgan fingerprint density at radius 2 is 2.12 bits per heavy atom. The average Bonchev–Trinajstić information content (AvgIpc) is 2.38. The van der Waals surface area contributed by atoms with Crippen LogP contribution in [-0.4, -0.2) is 25.4 Å². The molecule has 0 aliphatic carbocycles. The summed E-state index contributed by atoms with van der Waals surface area (Å²) in [4.78, 5) is 0. The number of aliphatic hydroxyl groups excluding tert-OH is 1. The fourth-order valence-corrected chi connectivity index (χ4v) is 1.56. The van der Waals surface area contributed by atoms with Gasteiger partial charge in [-0.25, -0.2) is 0 Å². The Morgan fingerprint density at radius 3 is 2.82 bits per heavy atom. The van der Waals surface area contributed by atoms with E-state index in [1.165, 1.54) is 0 Å². The molecule has 17 heavy (non-hydrogen) atoms. The molecule has 0 spiro atoms. The Morgan fingerprint density at radius 1 is 1.29 bits per heavy atom. The van der Waals surface area contributed by atoms with Crippen LogP contribution in [0.5, 0.6) is 5.75 Å². The minimum Gasteiger partial charge on any atom is -0.497 e. The topological polar surface area (TPSA) is 38.7 Å². The second kappa shape index (κ2) is 8.09. The highest BCUT2D eigenvalue weighted by molar-refractivity contribution is 5.29. The van der Waals surface area contributed by atoms with Crippen LogP contribution in [0, 0.1) is 0 Å². The van der Waals surface area contributed by atoms with E-state index in [0.29, 0.717) is 13.0 Å². The summed E-state index contributed by atoms with van der Waals surface area (Å²) >= 11 is 0.